The Hall–Kier alpha value is -3.32. The lowest BCUT2D eigenvalue weighted by atomic mass is 10.2. The molecular formula is C22H21NO5S. The number of anilines is 1. The molecule has 0 aromatic heterocycles. The molecule has 0 radical (unpaired) electrons. The lowest BCUT2D eigenvalue weighted by Crippen LogP contribution is -2.28. The van der Waals surface area contributed by atoms with Crippen LogP contribution in [0.1, 0.15) is 15.9 Å². The van der Waals surface area contributed by atoms with Gasteiger partial charge in [0.15, 0.2) is 0 Å². The second-order valence-electron chi connectivity index (χ2n) is 6.23. The maximum Gasteiger partial charge on any atom is 0.339 e. The molecule has 3 rings (SSSR count). The van der Waals surface area contributed by atoms with Crippen molar-refractivity contribution in [2.24, 2.45) is 0 Å². The van der Waals surface area contributed by atoms with Gasteiger partial charge in [0.25, 0.3) is 10.0 Å². The number of esters is 1. The Bertz CT molecular complexity index is 1080. The Balaban J connectivity index is 1.83. The molecule has 3 aromatic rings. The van der Waals surface area contributed by atoms with Crippen molar-refractivity contribution in [1.82, 2.24) is 0 Å². The van der Waals surface area contributed by atoms with E-state index in [4.69, 9.17) is 9.47 Å². The molecule has 0 aliphatic rings. The van der Waals surface area contributed by atoms with Crippen molar-refractivity contribution in [3.8, 4) is 5.75 Å². The minimum Gasteiger partial charge on any atom is -0.497 e. The molecule has 0 bridgehead atoms. The highest BCUT2D eigenvalue weighted by Crippen LogP contribution is 2.25. The van der Waals surface area contributed by atoms with Gasteiger partial charge in [-0.05, 0) is 42.0 Å². The van der Waals surface area contributed by atoms with Crippen LogP contribution in [0.3, 0.4) is 0 Å². The fourth-order valence-electron chi connectivity index (χ4n) is 2.73. The van der Waals surface area contributed by atoms with Gasteiger partial charge in [-0.2, -0.15) is 0 Å². The van der Waals surface area contributed by atoms with E-state index < -0.39 is 16.0 Å². The number of benzene rings is 3. The van der Waals surface area contributed by atoms with Crippen LogP contribution in [0.2, 0.25) is 0 Å². The van der Waals surface area contributed by atoms with Gasteiger partial charge in [-0.15, -0.1) is 0 Å². The fraction of sp³-hybridized carbons (Fsp3) is 0.136. The third-order valence-electron chi connectivity index (χ3n) is 4.39. The molecule has 150 valence electrons. The molecule has 29 heavy (non-hydrogen) atoms. The van der Waals surface area contributed by atoms with Crippen LogP contribution in [0, 0.1) is 0 Å². The summed E-state index contributed by atoms with van der Waals surface area (Å²) in [5.41, 5.74) is 1.25. The van der Waals surface area contributed by atoms with E-state index in [0.29, 0.717) is 11.4 Å². The summed E-state index contributed by atoms with van der Waals surface area (Å²) in [5.74, 6) is -0.0121. The number of hydrogen-bond acceptors (Lipinski definition) is 5. The van der Waals surface area contributed by atoms with Gasteiger partial charge >= 0.3 is 5.97 Å². The SMILES string of the molecule is COc1ccc(COC(=O)c2ccccc2S(=O)(=O)N(C)c2ccccc2)cc1. The molecule has 0 amide bonds. The van der Waals surface area contributed by atoms with Gasteiger partial charge in [0.05, 0.1) is 18.4 Å². The minimum atomic E-state index is -3.94. The van der Waals surface area contributed by atoms with E-state index in [1.165, 1.54) is 19.2 Å². The Morgan fingerprint density at radius 1 is 0.897 bits per heavy atom. The van der Waals surface area contributed by atoms with Crippen molar-refractivity contribution >= 4 is 21.7 Å². The molecular weight excluding hydrogens is 390 g/mol. The van der Waals surface area contributed by atoms with Crippen LogP contribution in [0.25, 0.3) is 0 Å². The first kappa shape index (κ1) is 20.4. The van der Waals surface area contributed by atoms with Crippen LogP contribution in [-0.2, 0) is 21.4 Å². The van der Waals surface area contributed by atoms with Crippen molar-refractivity contribution in [3.63, 3.8) is 0 Å². The van der Waals surface area contributed by atoms with Crippen molar-refractivity contribution in [2.45, 2.75) is 11.5 Å². The topological polar surface area (TPSA) is 72.9 Å². The minimum absolute atomic E-state index is 0.0104. The molecule has 0 fully saturated rings. The average molecular weight is 411 g/mol. The number of ether oxygens (including phenoxy) is 2. The molecule has 0 aliphatic carbocycles. The van der Waals surface area contributed by atoms with E-state index in [2.05, 4.69) is 0 Å². The third-order valence-corrected chi connectivity index (χ3v) is 6.24. The summed E-state index contributed by atoms with van der Waals surface area (Å²) in [7, 11) is -0.927. The number of sulfonamides is 1. The summed E-state index contributed by atoms with van der Waals surface area (Å²) >= 11 is 0. The highest BCUT2D eigenvalue weighted by molar-refractivity contribution is 7.92. The first-order valence-electron chi connectivity index (χ1n) is 8.86. The number of carbonyl (C=O) groups is 1. The molecule has 3 aromatic carbocycles. The van der Waals surface area contributed by atoms with Crippen LogP contribution >= 0.6 is 0 Å². The molecule has 0 aliphatic heterocycles. The standard InChI is InChI=1S/C22H21NO5S/c1-23(18-8-4-3-5-9-18)29(25,26)21-11-7-6-10-20(21)22(24)28-16-17-12-14-19(27-2)15-13-17/h3-15H,16H2,1-2H3. The maximum absolute atomic E-state index is 13.1. The molecule has 0 heterocycles. The zero-order valence-corrected chi connectivity index (χ0v) is 16.9. The number of hydrogen-bond donors (Lipinski definition) is 0. The van der Waals surface area contributed by atoms with Gasteiger partial charge in [0.1, 0.15) is 17.3 Å². The normalized spacial score (nSPS) is 11.0. The summed E-state index contributed by atoms with van der Waals surface area (Å²) in [5, 5.41) is 0. The van der Waals surface area contributed by atoms with Gasteiger partial charge < -0.3 is 9.47 Å². The van der Waals surface area contributed by atoms with Crippen LogP contribution in [0.4, 0.5) is 5.69 Å². The highest BCUT2D eigenvalue weighted by Gasteiger charge is 2.27. The van der Waals surface area contributed by atoms with E-state index in [9.17, 15) is 13.2 Å². The van der Waals surface area contributed by atoms with Gasteiger partial charge in [0.2, 0.25) is 0 Å². The van der Waals surface area contributed by atoms with Gasteiger partial charge in [0, 0.05) is 7.05 Å². The van der Waals surface area contributed by atoms with Crippen molar-refractivity contribution in [3.05, 3.63) is 90.0 Å². The van der Waals surface area contributed by atoms with Crippen LogP contribution < -0.4 is 9.04 Å². The average Bonchev–Trinajstić information content (AvgIpc) is 2.77. The number of rotatable bonds is 7. The van der Waals surface area contributed by atoms with E-state index in [1.54, 1.807) is 73.8 Å². The van der Waals surface area contributed by atoms with E-state index >= 15 is 0 Å². The van der Waals surface area contributed by atoms with Crippen molar-refractivity contribution in [1.29, 1.82) is 0 Å². The van der Waals surface area contributed by atoms with Crippen LogP contribution in [-0.4, -0.2) is 28.5 Å². The lowest BCUT2D eigenvalue weighted by molar-refractivity contribution is 0.0468. The summed E-state index contributed by atoms with van der Waals surface area (Å²) in [4.78, 5) is 12.5. The van der Waals surface area contributed by atoms with E-state index in [0.717, 1.165) is 9.87 Å². The quantitative estimate of drug-likeness (QED) is 0.552. The second kappa shape index (κ2) is 8.79. The number of carbonyl (C=O) groups excluding carboxylic acids is 1. The lowest BCUT2D eigenvalue weighted by Gasteiger charge is -2.20. The smallest absolute Gasteiger partial charge is 0.339 e. The number of nitrogens with zero attached hydrogens (tertiary/aromatic N) is 1. The molecule has 6 nitrogen and oxygen atoms in total. The highest BCUT2D eigenvalue weighted by atomic mass is 32.2. The zero-order valence-electron chi connectivity index (χ0n) is 16.1. The first-order valence-corrected chi connectivity index (χ1v) is 10.3. The predicted octanol–water partition coefficient (Wildman–Crippen LogP) is 3.88. The molecule has 0 unspecified atom stereocenters. The Kier molecular flexibility index (Phi) is 6.19. The second-order valence-corrected chi connectivity index (χ2v) is 8.17. The molecule has 0 atom stereocenters. The molecule has 0 saturated carbocycles. The Labute approximate surface area is 170 Å². The van der Waals surface area contributed by atoms with Crippen LogP contribution in [0.5, 0.6) is 5.75 Å². The molecule has 7 heteroatoms. The molecule has 0 spiro atoms. The molecule has 0 saturated heterocycles. The predicted molar refractivity (Wildman–Crippen MR) is 111 cm³/mol. The summed E-state index contributed by atoms with van der Waals surface area (Å²) < 4.78 is 37.8. The molecule has 0 N–H and O–H groups in total. The van der Waals surface area contributed by atoms with Gasteiger partial charge in [-0.3, -0.25) is 4.31 Å². The van der Waals surface area contributed by atoms with Crippen molar-refractivity contribution in [2.75, 3.05) is 18.5 Å². The van der Waals surface area contributed by atoms with Gasteiger partial charge in [-0.25, -0.2) is 13.2 Å². The summed E-state index contributed by atoms with van der Waals surface area (Å²) in [6.45, 7) is 0.0196. The number of methoxy groups -OCH3 is 1. The van der Waals surface area contributed by atoms with E-state index in [-0.39, 0.29) is 17.1 Å². The van der Waals surface area contributed by atoms with E-state index in [1.807, 2.05) is 0 Å². The Morgan fingerprint density at radius 2 is 1.52 bits per heavy atom. The number of para-hydroxylation sites is 1. The summed E-state index contributed by atoms with van der Waals surface area (Å²) in [6, 6.07) is 21.8. The zero-order chi connectivity index (χ0) is 20.9. The van der Waals surface area contributed by atoms with Gasteiger partial charge in [-0.1, -0.05) is 42.5 Å². The first-order chi connectivity index (χ1) is 13.9. The van der Waals surface area contributed by atoms with Crippen molar-refractivity contribution < 1.29 is 22.7 Å². The fourth-order valence-corrected chi connectivity index (χ4v) is 4.11. The third kappa shape index (κ3) is 4.57. The Morgan fingerprint density at radius 3 is 2.17 bits per heavy atom. The largest absolute Gasteiger partial charge is 0.497 e. The monoisotopic (exact) mass is 411 g/mol. The summed E-state index contributed by atoms with van der Waals surface area (Å²) in [6.07, 6.45) is 0. The maximum atomic E-state index is 13.1. The van der Waals surface area contributed by atoms with Crippen LogP contribution in [0.15, 0.2) is 83.8 Å².